The van der Waals surface area contributed by atoms with Gasteiger partial charge >= 0.3 is 0 Å². The maximum absolute atomic E-state index is 12.6. The number of nitrogens with zero attached hydrogens (tertiary/aromatic N) is 2. The maximum Gasteiger partial charge on any atom is 0.264 e. The highest BCUT2D eigenvalue weighted by Gasteiger charge is 2.27. The van der Waals surface area contributed by atoms with Gasteiger partial charge in [-0.2, -0.15) is 0 Å². The highest BCUT2D eigenvalue weighted by Crippen LogP contribution is 2.34. The van der Waals surface area contributed by atoms with Crippen LogP contribution in [0.2, 0.25) is 0 Å². The monoisotopic (exact) mass is 434 g/mol. The van der Waals surface area contributed by atoms with E-state index in [0.29, 0.717) is 5.92 Å². The lowest BCUT2D eigenvalue weighted by Crippen LogP contribution is -2.38. The van der Waals surface area contributed by atoms with Crippen LogP contribution < -0.4 is 0 Å². The zero-order valence-corrected chi connectivity index (χ0v) is 15.3. The lowest BCUT2D eigenvalue weighted by molar-refractivity contribution is 0.0712. The summed E-state index contributed by atoms with van der Waals surface area (Å²) in [6, 6.07) is 1.89. The van der Waals surface area contributed by atoms with Crippen LogP contribution in [0.4, 0.5) is 0 Å². The average molecular weight is 436 g/mol. The Balaban J connectivity index is 1.75. The van der Waals surface area contributed by atoms with Crippen LogP contribution in [-0.2, 0) is 0 Å². The molecule has 3 heterocycles. The van der Waals surface area contributed by atoms with Crippen molar-refractivity contribution in [2.75, 3.05) is 13.1 Å². The molecule has 0 saturated carbocycles. The van der Waals surface area contributed by atoms with Crippen LogP contribution in [0, 0.1) is 0 Å². The Bertz CT molecular complexity index is 592. The van der Waals surface area contributed by atoms with Crippen LogP contribution in [0.1, 0.15) is 33.4 Å². The maximum atomic E-state index is 12.6. The van der Waals surface area contributed by atoms with Crippen molar-refractivity contribution in [2.45, 2.75) is 18.8 Å². The van der Waals surface area contributed by atoms with Gasteiger partial charge in [0.05, 0.1) is 13.7 Å². The van der Waals surface area contributed by atoms with E-state index in [0.717, 1.165) is 44.1 Å². The second kappa shape index (κ2) is 6.25. The third kappa shape index (κ3) is 3.00. The Morgan fingerprint density at radius 2 is 2.30 bits per heavy atom. The summed E-state index contributed by atoms with van der Waals surface area (Å²) in [5.41, 5.74) is 0. The molecule has 0 N–H and O–H groups in total. The van der Waals surface area contributed by atoms with Gasteiger partial charge < -0.3 is 4.90 Å². The Hall–Kier alpha value is -0.240. The zero-order chi connectivity index (χ0) is 14.1. The average Bonchev–Trinajstić information content (AvgIpc) is 3.09. The number of thiophene rings is 1. The predicted octanol–water partition coefficient (Wildman–Crippen LogP) is 4.75. The summed E-state index contributed by atoms with van der Waals surface area (Å²) in [4.78, 5) is 19.7. The molecule has 7 heteroatoms. The molecular formula is C13H12Br2N2OS2. The van der Waals surface area contributed by atoms with Crippen molar-refractivity contribution in [3.63, 3.8) is 0 Å². The summed E-state index contributed by atoms with van der Waals surface area (Å²) >= 11 is 10.0. The van der Waals surface area contributed by atoms with E-state index in [9.17, 15) is 4.79 Å². The Labute approximate surface area is 142 Å². The number of amides is 1. The SMILES string of the molecule is O=C(c1cc(Br)c(Br)s1)N1CCCC(c2nccs2)C1. The number of halogens is 2. The van der Waals surface area contributed by atoms with Gasteiger partial charge in [0, 0.05) is 35.1 Å². The Morgan fingerprint density at radius 3 is 2.95 bits per heavy atom. The molecule has 20 heavy (non-hydrogen) atoms. The summed E-state index contributed by atoms with van der Waals surface area (Å²) in [5.74, 6) is 0.516. The van der Waals surface area contributed by atoms with Gasteiger partial charge in [0.25, 0.3) is 5.91 Å². The molecule has 106 valence electrons. The molecule has 1 atom stereocenters. The molecule has 1 amide bonds. The molecule has 2 aromatic heterocycles. The number of hydrogen-bond donors (Lipinski definition) is 0. The molecule has 1 fully saturated rings. The van der Waals surface area contributed by atoms with Crippen molar-refractivity contribution >= 4 is 60.4 Å². The van der Waals surface area contributed by atoms with Gasteiger partial charge in [-0.25, -0.2) is 4.98 Å². The zero-order valence-electron chi connectivity index (χ0n) is 10.5. The van der Waals surface area contributed by atoms with Gasteiger partial charge in [0.1, 0.15) is 0 Å². The first kappa shape index (κ1) is 14.7. The lowest BCUT2D eigenvalue weighted by atomic mass is 9.98. The fourth-order valence-corrected chi connectivity index (χ4v) is 5.18. The van der Waals surface area contributed by atoms with Crippen molar-refractivity contribution in [1.29, 1.82) is 0 Å². The molecule has 0 bridgehead atoms. The number of likely N-dealkylation sites (tertiary alicyclic amines) is 1. The third-order valence-corrected chi connectivity index (χ3v) is 7.55. The van der Waals surface area contributed by atoms with E-state index in [1.54, 1.807) is 11.3 Å². The molecule has 1 aliphatic rings. The summed E-state index contributed by atoms with van der Waals surface area (Å²) in [6.07, 6.45) is 4.01. The minimum atomic E-state index is 0.127. The van der Waals surface area contributed by atoms with E-state index in [1.807, 2.05) is 22.5 Å². The first-order valence-electron chi connectivity index (χ1n) is 6.28. The summed E-state index contributed by atoms with van der Waals surface area (Å²) in [7, 11) is 0. The van der Waals surface area contributed by atoms with E-state index in [4.69, 9.17) is 0 Å². The summed E-state index contributed by atoms with van der Waals surface area (Å²) < 4.78 is 1.91. The van der Waals surface area contributed by atoms with Crippen molar-refractivity contribution in [3.8, 4) is 0 Å². The summed E-state index contributed by atoms with van der Waals surface area (Å²) in [5, 5.41) is 3.15. The number of carbonyl (C=O) groups is 1. The highest BCUT2D eigenvalue weighted by molar-refractivity contribution is 9.13. The van der Waals surface area contributed by atoms with Crippen molar-refractivity contribution in [3.05, 3.63) is 35.8 Å². The topological polar surface area (TPSA) is 33.2 Å². The van der Waals surface area contributed by atoms with Crippen LogP contribution in [0.3, 0.4) is 0 Å². The smallest absolute Gasteiger partial charge is 0.264 e. The Kier molecular flexibility index (Phi) is 4.59. The van der Waals surface area contributed by atoms with Gasteiger partial charge in [-0.1, -0.05) is 0 Å². The largest absolute Gasteiger partial charge is 0.337 e. The molecule has 3 rings (SSSR count). The number of hydrogen-bond acceptors (Lipinski definition) is 4. The first-order valence-corrected chi connectivity index (χ1v) is 9.57. The predicted molar refractivity (Wildman–Crippen MR) is 89.7 cm³/mol. The van der Waals surface area contributed by atoms with Gasteiger partial charge in [0.15, 0.2) is 0 Å². The molecule has 0 spiro atoms. The summed E-state index contributed by atoms with van der Waals surface area (Å²) in [6.45, 7) is 1.62. The van der Waals surface area contributed by atoms with Crippen LogP contribution in [-0.4, -0.2) is 28.9 Å². The highest BCUT2D eigenvalue weighted by atomic mass is 79.9. The van der Waals surface area contributed by atoms with E-state index in [1.165, 1.54) is 11.3 Å². The molecule has 2 aromatic rings. The first-order chi connectivity index (χ1) is 9.65. The minimum absolute atomic E-state index is 0.127. The van der Waals surface area contributed by atoms with Crippen molar-refractivity contribution in [2.24, 2.45) is 0 Å². The Morgan fingerprint density at radius 1 is 1.45 bits per heavy atom. The molecule has 1 aliphatic heterocycles. The standard InChI is InChI=1S/C13H12Br2N2OS2/c14-9-6-10(20-11(9)15)13(18)17-4-1-2-8(7-17)12-16-3-5-19-12/h3,5-6,8H,1-2,4,7H2. The van der Waals surface area contributed by atoms with Crippen LogP contribution in [0.15, 0.2) is 25.9 Å². The molecule has 3 nitrogen and oxygen atoms in total. The number of piperidine rings is 1. The minimum Gasteiger partial charge on any atom is -0.337 e. The van der Waals surface area contributed by atoms with Crippen LogP contribution in [0.5, 0.6) is 0 Å². The normalized spacial score (nSPS) is 19.3. The second-order valence-corrected chi connectivity index (χ2v) is 8.84. The number of thiazole rings is 1. The van der Waals surface area contributed by atoms with E-state index < -0.39 is 0 Å². The molecule has 0 radical (unpaired) electrons. The lowest BCUT2D eigenvalue weighted by Gasteiger charge is -2.31. The van der Waals surface area contributed by atoms with Crippen molar-refractivity contribution in [1.82, 2.24) is 9.88 Å². The molecular weight excluding hydrogens is 424 g/mol. The fourth-order valence-electron chi connectivity index (χ4n) is 2.41. The van der Waals surface area contributed by atoms with Gasteiger partial charge in [-0.15, -0.1) is 22.7 Å². The second-order valence-electron chi connectivity index (χ2n) is 4.69. The van der Waals surface area contributed by atoms with E-state index >= 15 is 0 Å². The van der Waals surface area contributed by atoms with Gasteiger partial charge in [0.2, 0.25) is 0 Å². The molecule has 1 saturated heterocycles. The fraction of sp³-hybridized carbons (Fsp3) is 0.385. The molecule has 1 unspecified atom stereocenters. The number of aromatic nitrogens is 1. The van der Waals surface area contributed by atoms with E-state index in [2.05, 4.69) is 36.8 Å². The van der Waals surface area contributed by atoms with Gasteiger partial charge in [-0.3, -0.25) is 4.79 Å². The van der Waals surface area contributed by atoms with Crippen LogP contribution >= 0.6 is 54.5 Å². The van der Waals surface area contributed by atoms with Gasteiger partial charge in [-0.05, 0) is 50.8 Å². The quantitative estimate of drug-likeness (QED) is 0.681. The van der Waals surface area contributed by atoms with Crippen LogP contribution in [0.25, 0.3) is 0 Å². The number of rotatable bonds is 2. The molecule has 0 aromatic carbocycles. The van der Waals surface area contributed by atoms with Crippen molar-refractivity contribution < 1.29 is 4.79 Å². The van der Waals surface area contributed by atoms with E-state index in [-0.39, 0.29) is 5.91 Å². The third-order valence-electron chi connectivity index (χ3n) is 3.37. The molecule has 0 aliphatic carbocycles. The number of carbonyl (C=O) groups excluding carboxylic acids is 1.